The van der Waals surface area contributed by atoms with Crippen molar-refractivity contribution in [3.05, 3.63) is 36.5 Å². The number of amides is 1. The Labute approximate surface area is 449 Å². The molecule has 2 atom stereocenters. The van der Waals surface area contributed by atoms with Crippen molar-refractivity contribution in [2.45, 2.75) is 360 Å². The number of esters is 1. The molecule has 6 nitrogen and oxygen atoms in total. The van der Waals surface area contributed by atoms with Crippen molar-refractivity contribution in [2.75, 3.05) is 13.2 Å². The summed E-state index contributed by atoms with van der Waals surface area (Å²) in [5.41, 5.74) is 0. The van der Waals surface area contributed by atoms with Gasteiger partial charge < -0.3 is 20.3 Å². The SMILES string of the molecule is CCCCC/C=C\C/C=C\CCCCCCCC(=O)OCCCCCCCCCCCCCCCCCCCCCCCC(=O)NC(CO)C(O)/C=C/CCCCCCCCCCCCCCCCCCC. The van der Waals surface area contributed by atoms with Crippen LogP contribution in [0.3, 0.4) is 0 Å². The molecule has 0 aliphatic heterocycles. The van der Waals surface area contributed by atoms with Crippen molar-refractivity contribution in [3.8, 4) is 0 Å². The van der Waals surface area contributed by atoms with Gasteiger partial charge in [0.25, 0.3) is 0 Å². The summed E-state index contributed by atoms with van der Waals surface area (Å²) in [6.07, 6.45) is 77.6. The van der Waals surface area contributed by atoms with Gasteiger partial charge in [-0.3, -0.25) is 9.59 Å². The Kier molecular flexibility index (Phi) is 60.0. The van der Waals surface area contributed by atoms with Crippen LogP contribution in [0, 0.1) is 0 Å². The first-order valence-electron chi connectivity index (χ1n) is 32.3. The van der Waals surface area contributed by atoms with E-state index in [4.69, 9.17) is 4.74 Å². The fraction of sp³-hybridized carbons (Fsp3) is 0.879. The number of aliphatic hydroxyl groups is 2. The average molecular weight is 1010 g/mol. The molecule has 0 bridgehead atoms. The highest BCUT2D eigenvalue weighted by molar-refractivity contribution is 5.76. The summed E-state index contributed by atoms with van der Waals surface area (Å²) in [6, 6.07) is -0.630. The number of unbranched alkanes of at least 4 members (excludes halogenated alkanes) is 45. The maximum absolute atomic E-state index is 12.5. The van der Waals surface area contributed by atoms with Gasteiger partial charge in [0.1, 0.15) is 0 Å². The molecule has 0 aromatic carbocycles. The standard InChI is InChI=1S/C66H125NO5/c1-3-5-7-9-11-13-15-17-19-20-24-27-31-34-38-42-46-50-54-58-64(69)63(62-68)67-65(70)59-55-51-47-43-39-35-32-28-25-22-21-23-26-29-33-37-41-45-49-53-57-61-72-66(71)60-56-52-48-44-40-36-30-18-16-14-12-10-8-6-4-2/h12,14,18,30,54,58,63-64,68-69H,3-11,13,15-17,19-29,31-53,55-57,59-62H2,1-2H3,(H,67,70)/b14-12-,30-18-,58-54+. The van der Waals surface area contributed by atoms with E-state index < -0.39 is 12.1 Å². The number of nitrogens with one attached hydrogen (secondary N) is 1. The maximum Gasteiger partial charge on any atom is 0.305 e. The quantitative estimate of drug-likeness (QED) is 0.0320. The van der Waals surface area contributed by atoms with Gasteiger partial charge >= 0.3 is 5.97 Å². The van der Waals surface area contributed by atoms with E-state index in [0.29, 0.717) is 19.4 Å². The third-order valence-electron chi connectivity index (χ3n) is 14.9. The first-order chi connectivity index (χ1) is 35.5. The van der Waals surface area contributed by atoms with Gasteiger partial charge in [-0.1, -0.05) is 307 Å². The second kappa shape index (κ2) is 61.6. The molecule has 0 aromatic heterocycles. The first kappa shape index (κ1) is 70.1. The van der Waals surface area contributed by atoms with Gasteiger partial charge in [0, 0.05) is 12.8 Å². The van der Waals surface area contributed by atoms with E-state index in [1.807, 2.05) is 6.08 Å². The summed E-state index contributed by atoms with van der Waals surface area (Å²) in [5, 5.41) is 23.2. The zero-order chi connectivity index (χ0) is 52.2. The molecule has 0 aromatic rings. The Morgan fingerprint density at radius 3 is 1.08 bits per heavy atom. The fourth-order valence-electron chi connectivity index (χ4n) is 9.96. The van der Waals surface area contributed by atoms with Gasteiger partial charge in [-0.05, 0) is 64.2 Å². The minimum atomic E-state index is -0.846. The van der Waals surface area contributed by atoms with Crippen LogP contribution in [0.1, 0.15) is 348 Å². The Bertz CT molecular complexity index is 1170. The molecule has 0 radical (unpaired) electrons. The van der Waals surface area contributed by atoms with E-state index in [-0.39, 0.29) is 18.5 Å². The van der Waals surface area contributed by atoms with Crippen molar-refractivity contribution in [3.63, 3.8) is 0 Å². The number of hydrogen-bond donors (Lipinski definition) is 3. The molecule has 0 saturated heterocycles. The van der Waals surface area contributed by atoms with E-state index in [2.05, 4.69) is 43.5 Å². The van der Waals surface area contributed by atoms with Gasteiger partial charge in [-0.2, -0.15) is 0 Å². The van der Waals surface area contributed by atoms with Crippen LogP contribution >= 0.6 is 0 Å². The summed E-state index contributed by atoms with van der Waals surface area (Å²) < 4.78 is 5.48. The lowest BCUT2D eigenvalue weighted by molar-refractivity contribution is -0.143. The Morgan fingerprint density at radius 2 is 0.694 bits per heavy atom. The molecule has 0 aliphatic rings. The smallest absolute Gasteiger partial charge is 0.305 e. The molecular weight excluding hydrogens is 887 g/mol. The summed E-state index contributed by atoms with van der Waals surface area (Å²) in [6.45, 7) is 4.89. The first-order valence-corrected chi connectivity index (χ1v) is 32.3. The molecule has 1 amide bonds. The molecule has 3 N–H and O–H groups in total. The van der Waals surface area contributed by atoms with E-state index >= 15 is 0 Å². The minimum Gasteiger partial charge on any atom is -0.466 e. The third kappa shape index (κ3) is 57.4. The summed E-state index contributed by atoms with van der Waals surface area (Å²) in [4.78, 5) is 24.6. The molecule has 0 spiro atoms. The summed E-state index contributed by atoms with van der Waals surface area (Å²) in [7, 11) is 0. The second-order valence-electron chi connectivity index (χ2n) is 22.1. The number of carbonyl (C=O) groups is 2. The van der Waals surface area contributed by atoms with Crippen molar-refractivity contribution >= 4 is 11.9 Å². The molecule has 0 heterocycles. The van der Waals surface area contributed by atoms with Crippen molar-refractivity contribution < 1.29 is 24.5 Å². The predicted octanol–water partition coefficient (Wildman–Crippen LogP) is 20.4. The topological polar surface area (TPSA) is 95.9 Å². The largest absolute Gasteiger partial charge is 0.466 e. The van der Waals surface area contributed by atoms with Crippen LogP contribution < -0.4 is 5.32 Å². The average Bonchev–Trinajstić information content (AvgIpc) is 3.38. The number of carbonyl (C=O) groups excluding carboxylic acids is 2. The summed E-state index contributed by atoms with van der Waals surface area (Å²) in [5.74, 6) is -0.0690. The Balaban J connectivity index is 3.42. The van der Waals surface area contributed by atoms with Gasteiger partial charge in [0.2, 0.25) is 5.91 Å². The zero-order valence-electron chi connectivity index (χ0n) is 48.4. The molecule has 2 unspecified atom stereocenters. The molecule has 6 heteroatoms. The Hall–Kier alpha value is -1.92. The monoisotopic (exact) mass is 1010 g/mol. The van der Waals surface area contributed by atoms with Gasteiger partial charge in [0.15, 0.2) is 0 Å². The van der Waals surface area contributed by atoms with Gasteiger partial charge in [0.05, 0.1) is 25.4 Å². The van der Waals surface area contributed by atoms with Crippen LogP contribution in [0.2, 0.25) is 0 Å². The molecule has 0 saturated carbocycles. The van der Waals surface area contributed by atoms with Crippen molar-refractivity contribution in [1.82, 2.24) is 5.32 Å². The highest BCUT2D eigenvalue weighted by atomic mass is 16.5. The van der Waals surface area contributed by atoms with Gasteiger partial charge in [-0.25, -0.2) is 0 Å². The molecule has 424 valence electrons. The lowest BCUT2D eigenvalue weighted by Crippen LogP contribution is -2.45. The van der Waals surface area contributed by atoms with E-state index in [1.165, 1.54) is 270 Å². The van der Waals surface area contributed by atoms with Crippen molar-refractivity contribution in [2.24, 2.45) is 0 Å². The minimum absolute atomic E-state index is 0.00237. The normalized spacial score (nSPS) is 12.8. The van der Waals surface area contributed by atoms with Crippen LogP contribution in [-0.4, -0.2) is 47.4 Å². The maximum atomic E-state index is 12.5. The zero-order valence-corrected chi connectivity index (χ0v) is 48.4. The fourth-order valence-corrected chi connectivity index (χ4v) is 9.96. The molecule has 72 heavy (non-hydrogen) atoms. The molecule has 0 fully saturated rings. The van der Waals surface area contributed by atoms with Crippen molar-refractivity contribution in [1.29, 1.82) is 0 Å². The van der Waals surface area contributed by atoms with Crippen LogP contribution in [0.5, 0.6) is 0 Å². The summed E-state index contributed by atoms with van der Waals surface area (Å²) >= 11 is 0. The lowest BCUT2D eigenvalue weighted by atomic mass is 10.0. The number of rotatable bonds is 60. The third-order valence-corrected chi connectivity index (χ3v) is 14.9. The second-order valence-corrected chi connectivity index (χ2v) is 22.1. The van der Waals surface area contributed by atoms with Crippen LogP contribution in [-0.2, 0) is 14.3 Å². The lowest BCUT2D eigenvalue weighted by Gasteiger charge is -2.20. The highest BCUT2D eigenvalue weighted by Crippen LogP contribution is 2.18. The van der Waals surface area contributed by atoms with E-state index in [0.717, 1.165) is 51.4 Å². The van der Waals surface area contributed by atoms with Crippen LogP contribution in [0.4, 0.5) is 0 Å². The van der Waals surface area contributed by atoms with E-state index in [9.17, 15) is 19.8 Å². The van der Waals surface area contributed by atoms with Crippen LogP contribution in [0.25, 0.3) is 0 Å². The number of ether oxygens (including phenoxy) is 1. The van der Waals surface area contributed by atoms with Crippen LogP contribution in [0.15, 0.2) is 36.5 Å². The number of allylic oxidation sites excluding steroid dienone is 5. The predicted molar refractivity (Wildman–Crippen MR) is 315 cm³/mol. The highest BCUT2D eigenvalue weighted by Gasteiger charge is 2.18. The number of hydrogen-bond acceptors (Lipinski definition) is 5. The molecule has 0 aliphatic carbocycles. The number of aliphatic hydroxyl groups excluding tert-OH is 2. The molecule has 0 rings (SSSR count). The molecular formula is C66H125NO5. The van der Waals surface area contributed by atoms with E-state index in [1.54, 1.807) is 6.08 Å². The Morgan fingerprint density at radius 1 is 0.389 bits per heavy atom. The van der Waals surface area contributed by atoms with Gasteiger partial charge in [-0.15, -0.1) is 0 Å².